The van der Waals surface area contributed by atoms with Gasteiger partial charge in [-0.15, -0.1) is 0 Å². The van der Waals surface area contributed by atoms with Crippen LogP contribution in [-0.2, 0) is 4.57 Å². The van der Waals surface area contributed by atoms with Crippen LogP contribution in [0.15, 0.2) is 164 Å². The highest BCUT2D eigenvalue weighted by Gasteiger charge is 2.31. The second kappa shape index (κ2) is 10.0. The van der Waals surface area contributed by atoms with Gasteiger partial charge in [0.25, 0.3) is 0 Å². The van der Waals surface area contributed by atoms with E-state index in [1.54, 1.807) is 0 Å². The maximum atomic E-state index is 15.4. The Bertz CT molecular complexity index is 2580. The van der Waals surface area contributed by atoms with Gasteiger partial charge in [0.15, 0.2) is 7.14 Å². The maximum absolute atomic E-state index is 15.4. The molecule has 45 heavy (non-hydrogen) atoms. The summed E-state index contributed by atoms with van der Waals surface area (Å²) in [5.41, 5.74) is 6.36. The summed E-state index contributed by atoms with van der Waals surface area (Å²) in [6, 6.07) is 56.0. The van der Waals surface area contributed by atoms with Gasteiger partial charge in [0.2, 0.25) is 0 Å². The number of benzene rings is 7. The van der Waals surface area contributed by atoms with Crippen molar-refractivity contribution in [2.24, 2.45) is 0 Å². The van der Waals surface area contributed by atoms with Gasteiger partial charge >= 0.3 is 0 Å². The van der Waals surface area contributed by atoms with Gasteiger partial charge in [-0.2, -0.15) is 0 Å². The van der Waals surface area contributed by atoms with E-state index in [-0.39, 0.29) is 0 Å². The van der Waals surface area contributed by atoms with E-state index in [4.69, 9.17) is 4.98 Å². The summed E-state index contributed by atoms with van der Waals surface area (Å²) >= 11 is 0. The molecule has 0 saturated carbocycles. The van der Waals surface area contributed by atoms with Crippen LogP contribution in [0, 0.1) is 0 Å². The Balaban J connectivity index is 1.34. The topological polar surface area (TPSA) is 34.4 Å². The van der Waals surface area contributed by atoms with E-state index >= 15 is 4.57 Å². The first-order valence-electron chi connectivity index (χ1n) is 15.2. The van der Waals surface area contributed by atoms with Crippen LogP contribution >= 0.6 is 7.14 Å². The lowest BCUT2D eigenvalue weighted by Gasteiger charge is -2.23. The molecule has 0 fully saturated rings. The molecular weight excluding hydrogens is 567 g/mol. The molecular formula is C41H27N2OP. The zero-order valence-corrected chi connectivity index (χ0v) is 25.2. The minimum atomic E-state index is -3.16. The zero-order chi connectivity index (χ0) is 30.0. The number of pyridine rings is 1. The van der Waals surface area contributed by atoms with Gasteiger partial charge < -0.3 is 4.57 Å². The van der Waals surface area contributed by atoms with Crippen molar-refractivity contribution in [3.63, 3.8) is 0 Å². The summed E-state index contributed by atoms with van der Waals surface area (Å²) in [4.78, 5) is 5.07. The molecule has 3 nitrogen and oxygen atoms in total. The third-order valence-corrected chi connectivity index (χ3v) is 12.2. The van der Waals surface area contributed by atoms with E-state index in [9.17, 15) is 0 Å². The molecule has 0 saturated heterocycles. The molecule has 0 amide bonds. The fourth-order valence-electron chi connectivity index (χ4n) is 6.99. The van der Waals surface area contributed by atoms with Crippen molar-refractivity contribution < 1.29 is 4.57 Å². The third kappa shape index (κ3) is 3.84. The minimum absolute atomic E-state index is 0.834. The molecule has 0 aliphatic rings. The number of para-hydroxylation sites is 2. The second-order valence-electron chi connectivity index (χ2n) is 11.5. The highest BCUT2D eigenvalue weighted by atomic mass is 31.2. The Morgan fingerprint density at radius 2 is 1.07 bits per heavy atom. The van der Waals surface area contributed by atoms with Crippen LogP contribution in [0.3, 0.4) is 0 Å². The molecule has 4 heteroatoms. The van der Waals surface area contributed by atoms with Crippen molar-refractivity contribution in [3.05, 3.63) is 164 Å². The Hall–Kier alpha value is -5.50. The molecule has 9 aromatic rings. The van der Waals surface area contributed by atoms with Crippen molar-refractivity contribution in [2.45, 2.75) is 0 Å². The SMILES string of the molecule is O=P(c1ccccc1)(c1ccccc1)c1ccc(-c2ccc3c4ccccc4c4nc5ccccc5n4c3c2)c2ccccc12. The Labute approximate surface area is 260 Å². The number of hydrogen-bond acceptors (Lipinski definition) is 2. The molecule has 2 aromatic heterocycles. The van der Waals surface area contributed by atoms with E-state index in [0.717, 1.165) is 65.4 Å². The Morgan fingerprint density at radius 3 is 1.80 bits per heavy atom. The van der Waals surface area contributed by atoms with Crippen LogP contribution in [0.1, 0.15) is 0 Å². The fourth-order valence-corrected chi connectivity index (χ4v) is 9.85. The third-order valence-electron chi connectivity index (χ3n) is 9.05. The molecule has 0 unspecified atom stereocenters. The molecule has 0 aliphatic carbocycles. The number of hydrogen-bond donors (Lipinski definition) is 0. The highest BCUT2D eigenvalue weighted by molar-refractivity contribution is 7.85. The van der Waals surface area contributed by atoms with Gasteiger partial charge in [0.05, 0.1) is 16.6 Å². The molecule has 212 valence electrons. The van der Waals surface area contributed by atoms with Crippen LogP contribution in [0.25, 0.3) is 60.3 Å². The number of rotatable bonds is 4. The lowest BCUT2D eigenvalue weighted by atomic mass is 9.96. The van der Waals surface area contributed by atoms with E-state index < -0.39 is 7.14 Å². The largest absolute Gasteiger partial charge is 0.309 e. The number of aromatic nitrogens is 2. The number of imidazole rings is 1. The molecule has 2 heterocycles. The number of fused-ring (bicyclic) bond motifs is 9. The molecule has 0 radical (unpaired) electrons. The molecule has 7 aromatic carbocycles. The van der Waals surface area contributed by atoms with E-state index in [2.05, 4.69) is 95.4 Å². The second-order valence-corrected chi connectivity index (χ2v) is 14.2. The average molecular weight is 595 g/mol. The predicted molar refractivity (Wildman–Crippen MR) is 190 cm³/mol. The molecule has 0 N–H and O–H groups in total. The van der Waals surface area contributed by atoms with Crippen LogP contribution in [-0.4, -0.2) is 9.38 Å². The number of nitrogens with zero attached hydrogens (tertiary/aromatic N) is 2. The standard InChI is InChI=1S/C41H27N2OP/c44-45(29-13-3-1-4-14-29,30-15-5-2-6-16-30)40-26-25-31(32-17-7-9-19-35(32)40)28-23-24-34-33-18-8-10-20-36(33)41-42-37-21-11-12-22-38(37)43(41)39(34)27-28/h1-27H. The minimum Gasteiger partial charge on any atom is -0.309 e. The Morgan fingerprint density at radius 1 is 0.467 bits per heavy atom. The zero-order valence-electron chi connectivity index (χ0n) is 24.3. The summed E-state index contributed by atoms with van der Waals surface area (Å²) in [6.45, 7) is 0. The lowest BCUT2D eigenvalue weighted by Crippen LogP contribution is -2.25. The normalized spacial score (nSPS) is 12.1. The smallest absolute Gasteiger partial charge is 0.171 e. The summed E-state index contributed by atoms with van der Waals surface area (Å²) in [6.07, 6.45) is 0. The highest BCUT2D eigenvalue weighted by Crippen LogP contribution is 2.46. The van der Waals surface area contributed by atoms with Gasteiger partial charge in [0.1, 0.15) is 5.65 Å². The first kappa shape index (κ1) is 25.9. The monoisotopic (exact) mass is 594 g/mol. The van der Waals surface area contributed by atoms with E-state index in [1.807, 2.05) is 72.8 Å². The van der Waals surface area contributed by atoms with Crippen LogP contribution in [0.2, 0.25) is 0 Å². The van der Waals surface area contributed by atoms with Crippen molar-refractivity contribution in [3.8, 4) is 11.1 Å². The molecule has 0 bridgehead atoms. The average Bonchev–Trinajstić information content (AvgIpc) is 3.52. The molecule has 0 atom stereocenters. The first-order chi connectivity index (χ1) is 22.2. The van der Waals surface area contributed by atoms with Gasteiger partial charge in [0, 0.05) is 26.7 Å². The van der Waals surface area contributed by atoms with Gasteiger partial charge in [-0.3, -0.25) is 4.40 Å². The van der Waals surface area contributed by atoms with Crippen molar-refractivity contribution in [1.29, 1.82) is 0 Å². The van der Waals surface area contributed by atoms with Crippen molar-refractivity contribution in [2.75, 3.05) is 0 Å². The summed E-state index contributed by atoms with van der Waals surface area (Å²) in [5.74, 6) is 0. The quantitative estimate of drug-likeness (QED) is 0.150. The molecule has 9 rings (SSSR count). The lowest BCUT2D eigenvalue weighted by molar-refractivity contribution is 0.592. The maximum Gasteiger partial charge on any atom is 0.171 e. The summed E-state index contributed by atoms with van der Waals surface area (Å²) < 4.78 is 17.7. The van der Waals surface area contributed by atoms with E-state index in [1.165, 1.54) is 10.8 Å². The van der Waals surface area contributed by atoms with Crippen molar-refractivity contribution in [1.82, 2.24) is 9.38 Å². The summed E-state index contributed by atoms with van der Waals surface area (Å²) in [5, 5.41) is 8.12. The van der Waals surface area contributed by atoms with Crippen LogP contribution < -0.4 is 15.9 Å². The first-order valence-corrected chi connectivity index (χ1v) is 16.9. The molecule has 0 aliphatic heterocycles. The summed E-state index contributed by atoms with van der Waals surface area (Å²) in [7, 11) is -3.16. The van der Waals surface area contributed by atoms with Gasteiger partial charge in [-0.25, -0.2) is 4.98 Å². The molecule has 0 spiro atoms. The van der Waals surface area contributed by atoms with Crippen molar-refractivity contribution >= 4 is 72.2 Å². The van der Waals surface area contributed by atoms with Gasteiger partial charge in [-0.1, -0.05) is 140 Å². The van der Waals surface area contributed by atoms with Gasteiger partial charge in [-0.05, 0) is 51.6 Å². The van der Waals surface area contributed by atoms with Crippen LogP contribution in [0.4, 0.5) is 0 Å². The fraction of sp³-hybridized carbons (Fsp3) is 0. The van der Waals surface area contributed by atoms with Crippen LogP contribution in [0.5, 0.6) is 0 Å². The predicted octanol–water partition coefficient (Wildman–Crippen LogP) is 9.25. The van der Waals surface area contributed by atoms with E-state index in [0.29, 0.717) is 0 Å². The Kier molecular flexibility index (Phi) is 5.78.